The van der Waals surface area contributed by atoms with Gasteiger partial charge in [0.1, 0.15) is 11.2 Å². The molecule has 0 saturated carbocycles. The monoisotopic (exact) mass is 622 g/mol. The number of hydrogen-bond acceptors (Lipinski definition) is 1. The summed E-state index contributed by atoms with van der Waals surface area (Å²) in [5, 5.41) is 9.69. The summed E-state index contributed by atoms with van der Waals surface area (Å²) < 4.78 is 6.80. The van der Waals surface area contributed by atoms with E-state index in [-0.39, 0.29) is 0 Å². The molecule has 0 fully saturated rings. The van der Waals surface area contributed by atoms with Crippen LogP contribution in [0.3, 0.4) is 0 Å². The summed E-state index contributed by atoms with van der Waals surface area (Å²) >= 11 is 0. The van der Waals surface area contributed by atoms with Gasteiger partial charge in [0.2, 0.25) is 0 Å². The first-order chi connectivity index (χ1) is 24.3. The van der Waals surface area contributed by atoms with Crippen molar-refractivity contribution in [3.63, 3.8) is 0 Å². The quantitative estimate of drug-likeness (QED) is 0.178. The van der Waals surface area contributed by atoms with Gasteiger partial charge in [-0.05, 0) is 77.8 Å². The Hall–Kier alpha value is -6.44. The molecule has 10 aromatic rings. The van der Waals surface area contributed by atoms with Crippen molar-refractivity contribution in [1.29, 1.82) is 0 Å². The normalized spacial score (nSPS) is 11.7. The second-order valence-electron chi connectivity index (χ2n) is 12.8. The van der Waals surface area contributed by atoms with E-state index < -0.39 is 0 Å². The average Bonchev–Trinajstić information content (AvgIpc) is 3.57. The summed E-state index contributed by atoms with van der Waals surface area (Å²) in [5.41, 5.74) is 11.4. The predicted molar refractivity (Wildman–Crippen MR) is 208 cm³/mol. The zero-order valence-corrected chi connectivity index (χ0v) is 26.7. The Morgan fingerprint density at radius 2 is 0.796 bits per heavy atom. The zero-order chi connectivity index (χ0) is 32.3. The lowest BCUT2D eigenvalue weighted by atomic mass is 9.84. The molecule has 0 aliphatic heterocycles. The SMILES string of the molecule is c1ccc(-c2ccc(-c3c4ccccc4c(-c4ccc(-c5cccc6ccccc56)cc4)c4ccccc34)c3oc4ccccc4c23)cc1. The molecule has 0 atom stereocenters. The van der Waals surface area contributed by atoms with E-state index in [0.717, 1.165) is 27.5 Å². The van der Waals surface area contributed by atoms with E-state index in [1.54, 1.807) is 0 Å². The maximum atomic E-state index is 6.80. The average molecular weight is 623 g/mol. The van der Waals surface area contributed by atoms with E-state index in [4.69, 9.17) is 4.42 Å². The first kappa shape index (κ1) is 27.7. The van der Waals surface area contributed by atoms with Gasteiger partial charge in [0.25, 0.3) is 0 Å². The molecule has 0 bridgehead atoms. The largest absolute Gasteiger partial charge is 0.455 e. The second-order valence-corrected chi connectivity index (χ2v) is 12.8. The molecule has 1 aromatic heterocycles. The molecule has 49 heavy (non-hydrogen) atoms. The fraction of sp³-hybridized carbons (Fsp3) is 0. The molecule has 0 radical (unpaired) electrons. The minimum Gasteiger partial charge on any atom is -0.455 e. The highest BCUT2D eigenvalue weighted by molar-refractivity contribution is 6.25. The number of para-hydroxylation sites is 1. The van der Waals surface area contributed by atoms with Crippen molar-refractivity contribution in [2.75, 3.05) is 0 Å². The van der Waals surface area contributed by atoms with Gasteiger partial charge in [0.05, 0.1) is 0 Å². The first-order valence-electron chi connectivity index (χ1n) is 16.9. The maximum Gasteiger partial charge on any atom is 0.143 e. The van der Waals surface area contributed by atoms with Crippen LogP contribution in [0.15, 0.2) is 186 Å². The van der Waals surface area contributed by atoms with Gasteiger partial charge >= 0.3 is 0 Å². The van der Waals surface area contributed by atoms with E-state index in [9.17, 15) is 0 Å². The van der Waals surface area contributed by atoms with Crippen LogP contribution in [0.25, 0.3) is 98.8 Å². The zero-order valence-electron chi connectivity index (χ0n) is 26.7. The summed E-state index contributed by atoms with van der Waals surface area (Å²) in [5.74, 6) is 0. The van der Waals surface area contributed by atoms with Crippen LogP contribution in [-0.4, -0.2) is 0 Å². The molecular weight excluding hydrogens is 593 g/mol. The van der Waals surface area contributed by atoms with Gasteiger partial charge in [-0.25, -0.2) is 0 Å². The molecular formula is C48H30O. The van der Waals surface area contributed by atoms with Crippen LogP contribution in [0.4, 0.5) is 0 Å². The van der Waals surface area contributed by atoms with Crippen LogP contribution in [-0.2, 0) is 0 Å². The number of furan rings is 1. The van der Waals surface area contributed by atoms with Gasteiger partial charge in [-0.2, -0.15) is 0 Å². The molecule has 0 amide bonds. The lowest BCUT2D eigenvalue weighted by Crippen LogP contribution is -1.92. The van der Waals surface area contributed by atoms with E-state index in [1.165, 1.54) is 71.3 Å². The van der Waals surface area contributed by atoms with E-state index in [2.05, 4.69) is 182 Å². The molecule has 0 saturated heterocycles. The van der Waals surface area contributed by atoms with Crippen molar-refractivity contribution < 1.29 is 4.42 Å². The van der Waals surface area contributed by atoms with E-state index in [0.29, 0.717) is 0 Å². The van der Waals surface area contributed by atoms with E-state index >= 15 is 0 Å². The van der Waals surface area contributed by atoms with Crippen molar-refractivity contribution in [3.8, 4) is 44.5 Å². The molecule has 0 aliphatic carbocycles. The first-order valence-corrected chi connectivity index (χ1v) is 16.9. The second kappa shape index (κ2) is 11.1. The van der Waals surface area contributed by atoms with Crippen molar-refractivity contribution >= 4 is 54.3 Å². The Balaban J connectivity index is 1.23. The van der Waals surface area contributed by atoms with Crippen LogP contribution in [0, 0.1) is 0 Å². The smallest absolute Gasteiger partial charge is 0.143 e. The third-order valence-electron chi connectivity index (χ3n) is 10.1. The van der Waals surface area contributed by atoms with Gasteiger partial charge in [0.15, 0.2) is 0 Å². The standard InChI is InChI=1S/C48H30O/c1-2-13-32(14-3-1)37-29-30-43(48-47(37)42-22-10-11-24-44(42)49-48)46-40-20-8-6-18-38(40)45(39-19-7-9-21-41(39)46)34-27-25-33(26-28-34)36-23-12-16-31-15-4-5-17-35(31)36/h1-30H. The van der Waals surface area contributed by atoms with Gasteiger partial charge in [-0.1, -0.05) is 170 Å². The van der Waals surface area contributed by atoms with Crippen LogP contribution >= 0.6 is 0 Å². The highest BCUT2D eigenvalue weighted by Crippen LogP contribution is 2.48. The minimum absolute atomic E-state index is 0.902. The molecule has 1 heteroatoms. The third kappa shape index (κ3) is 4.33. The third-order valence-corrected chi connectivity index (χ3v) is 10.1. The summed E-state index contributed by atoms with van der Waals surface area (Å²) in [6.45, 7) is 0. The summed E-state index contributed by atoms with van der Waals surface area (Å²) in [6.07, 6.45) is 0. The molecule has 10 rings (SSSR count). The Morgan fingerprint density at radius 1 is 0.286 bits per heavy atom. The van der Waals surface area contributed by atoms with Crippen LogP contribution in [0.5, 0.6) is 0 Å². The molecule has 0 spiro atoms. The summed E-state index contributed by atoms with van der Waals surface area (Å²) in [7, 11) is 0. The molecule has 9 aromatic carbocycles. The van der Waals surface area contributed by atoms with Crippen molar-refractivity contribution in [1.82, 2.24) is 0 Å². The lowest BCUT2D eigenvalue weighted by molar-refractivity contribution is 0.670. The van der Waals surface area contributed by atoms with Crippen LogP contribution in [0.2, 0.25) is 0 Å². The Bertz CT molecular complexity index is 2790. The highest BCUT2D eigenvalue weighted by atomic mass is 16.3. The van der Waals surface area contributed by atoms with Gasteiger partial charge < -0.3 is 4.42 Å². The van der Waals surface area contributed by atoms with Gasteiger partial charge in [-0.3, -0.25) is 0 Å². The molecule has 1 heterocycles. The summed E-state index contributed by atoms with van der Waals surface area (Å²) in [4.78, 5) is 0. The number of rotatable bonds is 4. The molecule has 0 unspecified atom stereocenters. The minimum atomic E-state index is 0.902. The molecule has 1 nitrogen and oxygen atoms in total. The Kier molecular flexibility index (Phi) is 6.25. The maximum absolute atomic E-state index is 6.80. The van der Waals surface area contributed by atoms with Crippen molar-refractivity contribution in [2.24, 2.45) is 0 Å². The Morgan fingerprint density at radius 3 is 1.51 bits per heavy atom. The number of benzene rings is 9. The van der Waals surface area contributed by atoms with Crippen molar-refractivity contribution in [2.45, 2.75) is 0 Å². The fourth-order valence-corrected chi connectivity index (χ4v) is 7.91. The number of fused-ring (bicyclic) bond motifs is 6. The van der Waals surface area contributed by atoms with Crippen molar-refractivity contribution in [3.05, 3.63) is 182 Å². The summed E-state index contributed by atoms with van der Waals surface area (Å²) in [6, 6.07) is 65.6. The predicted octanol–water partition coefficient (Wildman–Crippen LogP) is 13.7. The Labute approximate surface area is 284 Å². The topological polar surface area (TPSA) is 13.1 Å². The van der Waals surface area contributed by atoms with Crippen LogP contribution in [0.1, 0.15) is 0 Å². The van der Waals surface area contributed by atoms with Crippen LogP contribution < -0.4 is 0 Å². The number of hydrogen-bond donors (Lipinski definition) is 0. The van der Waals surface area contributed by atoms with Gasteiger partial charge in [0, 0.05) is 21.9 Å². The molecule has 228 valence electrons. The van der Waals surface area contributed by atoms with Gasteiger partial charge in [-0.15, -0.1) is 0 Å². The van der Waals surface area contributed by atoms with E-state index in [1.807, 2.05) is 0 Å². The lowest BCUT2D eigenvalue weighted by Gasteiger charge is -2.18. The fourth-order valence-electron chi connectivity index (χ4n) is 7.91. The highest BCUT2D eigenvalue weighted by Gasteiger charge is 2.22. The molecule has 0 aliphatic rings. The molecule has 0 N–H and O–H groups in total.